The van der Waals surface area contributed by atoms with Crippen molar-refractivity contribution in [3.05, 3.63) is 96.2 Å². The Morgan fingerprint density at radius 3 is 2.14 bits per heavy atom. The Labute approximate surface area is 211 Å². The summed E-state index contributed by atoms with van der Waals surface area (Å²) in [6.07, 6.45) is 1.48. The molecule has 8 nitrogen and oxygen atoms in total. The number of nitriles is 1. The first-order chi connectivity index (χ1) is 17.3. The highest BCUT2D eigenvalue weighted by molar-refractivity contribution is 7.89. The van der Waals surface area contributed by atoms with Gasteiger partial charge in [-0.05, 0) is 55.5 Å². The van der Waals surface area contributed by atoms with Crippen LogP contribution < -0.4 is 10.1 Å². The lowest BCUT2D eigenvalue weighted by molar-refractivity contribution is -0.112. The number of nitrogens with zero attached hydrogens (tertiary/aromatic N) is 3. The predicted octanol–water partition coefficient (Wildman–Crippen LogP) is 4.14. The Morgan fingerprint density at radius 2 is 1.53 bits per heavy atom. The lowest BCUT2D eigenvalue weighted by Crippen LogP contribution is -2.46. The minimum atomic E-state index is -3.59. The zero-order valence-corrected chi connectivity index (χ0v) is 20.6. The standard InChI is InChI=1S/C27H26N4O4S/c1-21-7-13-26(14-8-21)36(33,34)31-17-15-30(16-18-31)20-22(19-28)27(32)29-23-9-11-25(12-10-23)35-24-5-3-2-4-6-24/h2-14,20H,15-18H2,1H3,(H,29,32)/b22-20-. The topological polar surface area (TPSA) is 103 Å². The summed E-state index contributed by atoms with van der Waals surface area (Å²) in [7, 11) is -3.59. The molecule has 0 aromatic heterocycles. The van der Waals surface area contributed by atoms with Gasteiger partial charge in [0, 0.05) is 38.1 Å². The largest absolute Gasteiger partial charge is 0.457 e. The van der Waals surface area contributed by atoms with Gasteiger partial charge in [0.25, 0.3) is 5.91 Å². The molecule has 1 heterocycles. The molecule has 184 valence electrons. The smallest absolute Gasteiger partial charge is 0.267 e. The van der Waals surface area contributed by atoms with Crippen LogP contribution in [-0.2, 0) is 14.8 Å². The third kappa shape index (κ3) is 6.10. The van der Waals surface area contributed by atoms with Crippen LogP contribution in [0.3, 0.4) is 0 Å². The van der Waals surface area contributed by atoms with Crippen molar-refractivity contribution in [2.24, 2.45) is 0 Å². The Bertz CT molecular complexity index is 1370. The molecule has 1 aliphatic heterocycles. The molecule has 0 aliphatic carbocycles. The van der Waals surface area contributed by atoms with E-state index in [0.717, 1.165) is 5.56 Å². The molecule has 0 atom stereocenters. The molecule has 36 heavy (non-hydrogen) atoms. The van der Waals surface area contributed by atoms with E-state index < -0.39 is 15.9 Å². The van der Waals surface area contributed by atoms with Crippen LogP contribution in [0.25, 0.3) is 0 Å². The average molecular weight is 503 g/mol. The molecule has 3 aromatic rings. The van der Waals surface area contributed by atoms with E-state index in [0.29, 0.717) is 30.3 Å². The van der Waals surface area contributed by atoms with Crippen LogP contribution >= 0.6 is 0 Å². The number of hydrogen-bond donors (Lipinski definition) is 1. The molecule has 4 rings (SSSR count). The van der Waals surface area contributed by atoms with Crippen LogP contribution in [0.5, 0.6) is 11.5 Å². The zero-order chi connectivity index (χ0) is 25.5. The highest BCUT2D eigenvalue weighted by Gasteiger charge is 2.28. The highest BCUT2D eigenvalue weighted by atomic mass is 32.2. The van der Waals surface area contributed by atoms with E-state index >= 15 is 0 Å². The number of nitrogens with one attached hydrogen (secondary N) is 1. The normalized spacial score (nSPS) is 14.7. The van der Waals surface area contributed by atoms with Crippen LogP contribution in [0.15, 0.2) is 95.5 Å². The number of carbonyl (C=O) groups is 1. The van der Waals surface area contributed by atoms with E-state index in [-0.39, 0.29) is 23.6 Å². The van der Waals surface area contributed by atoms with E-state index in [2.05, 4.69) is 5.32 Å². The van der Waals surface area contributed by atoms with Gasteiger partial charge in [0.05, 0.1) is 4.90 Å². The third-order valence-electron chi connectivity index (χ3n) is 5.70. The number of aryl methyl sites for hydroxylation is 1. The van der Waals surface area contributed by atoms with Crippen LogP contribution in [-0.4, -0.2) is 49.7 Å². The second kappa shape index (κ2) is 11.1. The van der Waals surface area contributed by atoms with E-state index in [1.807, 2.05) is 43.3 Å². The number of amides is 1. The van der Waals surface area contributed by atoms with E-state index in [4.69, 9.17) is 4.74 Å². The van der Waals surface area contributed by atoms with Gasteiger partial charge in [-0.1, -0.05) is 35.9 Å². The van der Waals surface area contributed by atoms with E-state index in [1.165, 1.54) is 10.5 Å². The molecular weight excluding hydrogens is 476 g/mol. The fourth-order valence-corrected chi connectivity index (χ4v) is 5.10. The van der Waals surface area contributed by atoms with Crippen molar-refractivity contribution < 1.29 is 17.9 Å². The number of rotatable bonds is 7. The van der Waals surface area contributed by atoms with Crippen LogP contribution in [0, 0.1) is 18.3 Å². The molecule has 1 N–H and O–H groups in total. The lowest BCUT2D eigenvalue weighted by Gasteiger charge is -2.33. The van der Waals surface area contributed by atoms with Crippen LogP contribution in [0.2, 0.25) is 0 Å². The van der Waals surface area contributed by atoms with Gasteiger partial charge in [-0.15, -0.1) is 0 Å². The Balaban J connectivity index is 1.34. The number of para-hydroxylation sites is 1. The first-order valence-electron chi connectivity index (χ1n) is 11.4. The molecule has 0 unspecified atom stereocenters. The molecule has 0 radical (unpaired) electrons. The first kappa shape index (κ1) is 25.0. The Morgan fingerprint density at radius 1 is 0.917 bits per heavy atom. The minimum Gasteiger partial charge on any atom is -0.457 e. The Kier molecular flexibility index (Phi) is 7.68. The molecule has 0 bridgehead atoms. The fraction of sp³-hybridized carbons (Fsp3) is 0.185. The second-order valence-corrected chi connectivity index (χ2v) is 10.2. The number of benzene rings is 3. The Hall–Kier alpha value is -4.13. The van der Waals surface area contributed by atoms with Gasteiger partial charge >= 0.3 is 0 Å². The maximum atomic E-state index is 12.9. The van der Waals surface area contributed by atoms with Crippen molar-refractivity contribution in [1.82, 2.24) is 9.21 Å². The number of hydrogen-bond acceptors (Lipinski definition) is 6. The third-order valence-corrected chi connectivity index (χ3v) is 7.61. The van der Waals surface area contributed by atoms with Gasteiger partial charge in [0.2, 0.25) is 10.0 Å². The molecule has 1 aliphatic rings. The summed E-state index contributed by atoms with van der Waals surface area (Å²) in [6.45, 7) is 3.16. The first-order valence-corrected chi connectivity index (χ1v) is 12.9. The summed E-state index contributed by atoms with van der Waals surface area (Å²) in [5.41, 5.74) is 1.45. The van der Waals surface area contributed by atoms with Gasteiger partial charge in [0.15, 0.2) is 0 Å². The summed E-state index contributed by atoms with van der Waals surface area (Å²) < 4.78 is 32.9. The van der Waals surface area contributed by atoms with Crippen LogP contribution in [0.1, 0.15) is 5.56 Å². The molecule has 3 aromatic carbocycles. The van der Waals surface area contributed by atoms with Gasteiger partial charge in [-0.2, -0.15) is 9.57 Å². The van der Waals surface area contributed by atoms with Crippen molar-refractivity contribution in [1.29, 1.82) is 5.26 Å². The summed E-state index contributed by atoms with van der Waals surface area (Å²) in [6, 6.07) is 24.9. The summed E-state index contributed by atoms with van der Waals surface area (Å²) in [4.78, 5) is 14.7. The summed E-state index contributed by atoms with van der Waals surface area (Å²) in [5.74, 6) is 0.786. The van der Waals surface area contributed by atoms with Gasteiger partial charge in [0.1, 0.15) is 23.1 Å². The number of anilines is 1. The molecule has 9 heteroatoms. The van der Waals surface area contributed by atoms with Crippen molar-refractivity contribution in [2.75, 3.05) is 31.5 Å². The molecule has 1 fully saturated rings. The number of ether oxygens (including phenoxy) is 1. The minimum absolute atomic E-state index is 0.0607. The summed E-state index contributed by atoms with van der Waals surface area (Å²) in [5, 5.41) is 12.2. The molecular formula is C27H26N4O4S. The van der Waals surface area contributed by atoms with Crippen molar-refractivity contribution in [3.8, 4) is 17.6 Å². The quantitative estimate of drug-likeness (QED) is 0.385. The highest BCUT2D eigenvalue weighted by Crippen LogP contribution is 2.23. The zero-order valence-electron chi connectivity index (χ0n) is 19.8. The van der Waals surface area contributed by atoms with Crippen molar-refractivity contribution >= 4 is 21.6 Å². The maximum Gasteiger partial charge on any atom is 0.267 e. The van der Waals surface area contributed by atoms with E-state index in [1.54, 1.807) is 53.4 Å². The van der Waals surface area contributed by atoms with Crippen molar-refractivity contribution in [3.63, 3.8) is 0 Å². The van der Waals surface area contributed by atoms with Gasteiger partial charge in [-0.3, -0.25) is 4.79 Å². The van der Waals surface area contributed by atoms with Gasteiger partial charge < -0.3 is 15.0 Å². The fourth-order valence-electron chi connectivity index (χ4n) is 3.68. The van der Waals surface area contributed by atoms with E-state index in [9.17, 15) is 18.5 Å². The van der Waals surface area contributed by atoms with Crippen LogP contribution in [0.4, 0.5) is 5.69 Å². The maximum absolute atomic E-state index is 12.9. The second-order valence-electron chi connectivity index (χ2n) is 8.30. The number of piperazine rings is 1. The molecule has 0 saturated carbocycles. The summed E-state index contributed by atoms with van der Waals surface area (Å²) >= 11 is 0. The average Bonchev–Trinajstić information content (AvgIpc) is 2.89. The predicted molar refractivity (Wildman–Crippen MR) is 137 cm³/mol. The lowest BCUT2D eigenvalue weighted by atomic mass is 10.2. The number of sulfonamides is 1. The monoisotopic (exact) mass is 502 g/mol. The molecule has 1 saturated heterocycles. The molecule has 1 amide bonds. The number of carbonyl (C=O) groups excluding carboxylic acids is 1. The van der Waals surface area contributed by atoms with Crippen molar-refractivity contribution in [2.45, 2.75) is 11.8 Å². The molecule has 0 spiro atoms. The SMILES string of the molecule is Cc1ccc(S(=O)(=O)N2CCN(/C=C(/C#N)C(=O)Nc3ccc(Oc4ccccc4)cc3)CC2)cc1. The van der Waals surface area contributed by atoms with Gasteiger partial charge in [-0.25, -0.2) is 8.42 Å².